The summed E-state index contributed by atoms with van der Waals surface area (Å²) in [5, 5.41) is 14.6. The number of aromatic nitrogens is 1. The second-order valence-corrected chi connectivity index (χ2v) is 2.66. The smallest absolute Gasteiger partial charge is 0.271 e. The van der Waals surface area contributed by atoms with Gasteiger partial charge in [0.15, 0.2) is 0 Å². The zero-order chi connectivity index (χ0) is 9.42. The van der Waals surface area contributed by atoms with Crippen molar-refractivity contribution in [3.05, 3.63) is 28.8 Å². The first-order valence-corrected chi connectivity index (χ1v) is 3.65. The van der Waals surface area contributed by atoms with Crippen LogP contribution in [0.5, 0.6) is 0 Å². The SMILES string of the molecule is C/[N+]([O-])=C1\C(=O)C=Cc2nocc21. The Bertz CT molecular complexity index is 424. The molecule has 0 radical (unpaired) electrons. The van der Waals surface area contributed by atoms with E-state index < -0.39 is 0 Å². The molecule has 13 heavy (non-hydrogen) atoms. The third-order valence-corrected chi connectivity index (χ3v) is 1.79. The Morgan fingerprint density at radius 1 is 1.54 bits per heavy atom. The molecule has 0 saturated heterocycles. The van der Waals surface area contributed by atoms with Crippen LogP contribution in [0.25, 0.3) is 6.08 Å². The zero-order valence-corrected chi connectivity index (χ0v) is 6.85. The summed E-state index contributed by atoms with van der Waals surface area (Å²) in [5.74, 6) is -0.326. The van der Waals surface area contributed by atoms with E-state index in [1.54, 1.807) is 0 Å². The normalized spacial score (nSPS) is 18.7. The van der Waals surface area contributed by atoms with Gasteiger partial charge >= 0.3 is 0 Å². The Hall–Kier alpha value is -1.91. The van der Waals surface area contributed by atoms with Crippen molar-refractivity contribution in [1.29, 1.82) is 0 Å². The minimum absolute atomic E-state index is 0.0683. The predicted octanol–water partition coefficient (Wildman–Crippen LogP) is 0.200. The van der Waals surface area contributed by atoms with E-state index in [0.29, 0.717) is 16.0 Å². The Morgan fingerprint density at radius 3 is 3.00 bits per heavy atom. The Morgan fingerprint density at radius 2 is 2.31 bits per heavy atom. The van der Waals surface area contributed by atoms with E-state index in [1.165, 1.54) is 25.5 Å². The number of hydrogen-bond donors (Lipinski definition) is 0. The van der Waals surface area contributed by atoms with Crippen LogP contribution in [0.2, 0.25) is 0 Å². The van der Waals surface area contributed by atoms with Crippen molar-refractivity contribution in [2.45, 2.75) is 0 Å². The summed E-state index contributed by atoms with van der Waals surface area (Å²) in [5.41, 5.74) is 1.03. The zero-order valence-electron chi connectivity index (χ0n) is 6.85. The summed E-state index contributed by atoms with van der Waals surface area (Å²) >= 11 is 0. The molecule has 0 spiro atoms. The first kappa shape index (κ1) is 7.72. The number of allylic oxidation sites excluding steroid dienone is 1. The summed E-state index contributed by atoms with van der Waals surface area (Å²) in [6, 6.07) is 0. The van der Waals surface area contributed by atoms with E-state index in [4.69, 9.17) is 0 Å². The number of nitrogens with zero attached hydrogens (tertiary/aromatic N) is 2. The van der Waals surface area contributed by atoms with Gasteiger partial charge in [0.2, 0.25) is 0 Å². The quantitative estimate of drug-likeness (QED) is 0.323. The predicted molar refractivity (Wildman–Crippen MR) is 44.2 cm³/mol. The molecule has 1 heterocycles. The van der Waals surface area contributed by atoms with E-state index in [-0.39, 0.29) is 11.5 Å². The van der Waals surface area contributed by atoms with E-state index >= 15 is 0 Å². The molecule has 1 aromatic heterocycles. The first-order valence-electron chi connectivity index (χ1n) is 3.65. The molecule has 0 bridgehead atoms. The van der Waals surface area contributed by atoms with Crippen molar-refractivity contribution >= 4 is 17.6 Å². The fraction of sp³-hybridized carbons (Fsp3) is 0.125. The van der Waals surface area contributed by atoms with Gasteiger partial charge in [-0.25, -0.2) is 4.74 Å². The number of hydrogen-bond acceptors (Lipinski definition) is 4. The van der Waals surface area contributed by atoms with Crippen molar-refractivity contribution in [2.75, 3.05) is 7.05 Å². The van der Waals surface area contributed by atoms with Crippen LogP contribution in [0.15, 0.2) is 16.9 Å². The molecule has 0 unspecified atom stereocenters. The Kier molecular flexibility index (Phi) is 1.51. The highest BCUT2D eigenvalue weighted by Gasteiger charge is 2.27. The number of carbonyl (C=O) groups is 1. The van der Waals surface area contributed by atoms with Crippen LogP contribution in [0.1, 0.15) is 11.3 Å². The fourth-order valence-electron chi connectivity index (χ4n) is 1.23. The molecule has 0 aromatic carbocycles. The van der Waals surface area contributed by atoms with Crippen LogP contribution < -0.4 is 0 Å². The number of fused-ring (bicyclic) bond motifs is 1. The average molecular weight is 178 g/mol. The minimum atomic E-state index is -0.326. The lowest BCUT2D eigenvalue weighted by Crippen LogP contribution is -2.24. The molecule has 1 aromatic rings. The minimum Gasteiger partial charge on any atom is -0.623 e. The van der Waals surface area contributed by atoms with Gasteiger partial charge in [0.05, 0.1) is 0 Å². The second-order valence-electron chi connectivity index (χ2n) is 2.66. The molecular weight excluding hydrogens is 172 g/mol. The summed E-state index contributed by atoms with van der Waals surface area (Å²) in [6.45, 7) is 0. The molecule has 66 valence electrons. The Labute approximate surface area is 73.5 Å². The molecule has 5 nitrogen and oxygen atoms in total. The molecule has 0 N–H and O–H groups in total. The number of carbonyl (C=O) groups excluding carboxylic acids is 1. The largest absolute Gasteiger partial charge is 0.623 e. The maximum absolute atomic E-state index is 11.3. The molecule has 1 aliphatic rings. The lowest BCUT2D eigenvalue weighted by atomic mass is 10.0. The number of hydroxylamine groups is 1. The van der Waals surface area contributed by atoms with Crippen LogP contribution in [0, 0.1) is 5.21 Å². The van der Waals surface area contributed by atoms with Crippen molar-refractivity contribution < 1.29 is 14.1 Å². The van der Waals surface area contributed by atoms with Crippen molar-refractivity contribution in [3.8, 4) is 0 Å². The second kappa shape index (κ2) is 2.55. The maximum atomic E-state index is 11.3. The molecule has 0 saturated carbocycles. The van der Waals surface area contributed by atoms with Crippen LogP contribution in [0.4, 0.5) is 0 Å². The highest BCUT2D eigenvalue weighted by molar-refractivity contribution is 6.50. The topological polar surface area (TPSA) is 69.2 Å². The van der Waals surface area contributed by atoms with E-state index in [1.807, 2.05) is 0 Å². The summed E-state index contributed by atoms with van der Waals surface area (Å²) in [6.07, 6.45) is 4.11. The summed E-state index contributed by atoms with van der Waals surface area (Å²) in [7, 11) is 1.27. The molecule has 2 rings (SSSR count). The molecule has 0 amide bonds. The van der Waals surface area contributed by atoms with Gasteiger partial charge in [-0.15, -0.1) is 0 Å². The Balaban J connectivity index is 2.69. The molecular formula is C8H6N2O3. The number of rotatable bonds is 0. The van der Waals surface area contributed by atoms with Crippen LogP contribution >= 0.6 is 0 Å². The lowest BCUT2D eigenvalue weighted by Gasteiger charge is -2.05. The first-order chi connectivity index (χ1) is 6.20. The van der Waals surface area contributed by atoms with E-state index in [9.17, 15) is 10.0 Å². The summed E-state index contributed by atoms with van der Waals surface area (Å²) < 4.78 is 5.17. The van der Waals surface area contributed by atoms with Crippen LogP contribution in [0.3, 0.4) is 0 Å². The average Bonchev–Trinajstić information content (AvgIpc) is 2.50. The van der Waals surface area contributed by atoms with Gasteiger partial charge in [0.25, 0.3) is 11.5 Å². The molecule has 0 aliphatic heterocycles. The van der Waals surface area contributed by atoms with Crippen molar-refractivity contribution in [1.82, 2.24) is 5.16 Å². The van der Waals surface area contributed by atoms with Crippen molar-refractivity contribution in [3.63, 3.8) is 0 Å². The number of ketones is 1. The van der Waals surface area contributed by atoms with Gasteiger partial charge in [-0.05, 0) is 12.2 Å². The molecule has 0 fully saturated rings. The highest BCUT2D eigenvalue weighted by atomic mass is 16.5. The highest BCUT2D eigenvalue weighted by Crippen LogP contribution is 2.15. The fourth-order valence-corrected chi connectivity index (χ4v) is 1.23. The van der Waals surface area contributed by atoms with E-state index in [2.05, 4.69) is 9.68 Å². The van der Waals surface area contributed by atoms with Gasteiger partial charge in [-0.3, -0.25) is 4.79 Å². The van der Waals surface area contributed by atoms with E-state index in [0.717, 1.165) is 0 Å². The maximum Gasteiger partial charge on any atom is 0.271 e. The molecule has 1 aliphatic carbocycles. The third kappa shape index (κ3) is 1.05. The van der Waals surface area contributed by atoms with Gasteiger partial charge in [0.1, 0.15) is 24.6 Å². The van der Waals surface area contributed by atoms with Gasteiger partial charge in [-0.1, -0.05) is 5.16 Å². The van der Waals surface area contributed by atoms with Gasteiger partial charge in [-0.2, -0.15) is 0 Å². The third-order valence-electron chi connectivity index (χ3n) is 1.79. The lowest BCUT2D eigenvalue weighted by molar-refractivity contribution is -0.421. The van der Waals surface area contributed by atoms with Crippen LogP contribution in [-0.2, 0) is 4.79 Å². The molecule has 0 atom stereocenters. The van der Waals surface area contributed by atoms with Gasteiger partial charge < -0.3 is 9.73 Å². The van der Waals surface area contributed by atoms with Gasteiger partial charge in [0, 0.05) is 0 Å². The van der Waals surface area contributed by atoms with Crippen LogP contribution in [-0.4, -0.2) is 28.4 Å². The standard InChI is InChI=1S/C8H6N2O3/c1-10(12)8-5-4-13-9-6(5)2-3-7(8)11/h2-4H,1H3/b10-8+. The molecule has 5 heteroatoms. The monoisotopic (exact) mass is 178 g/mol. The summed E-state index contributed by atoms with van der Waals surface area (Å²) in [4.78, 5) is 11.3. The van der Waals surface area contributed by atoms with Crippen molar-refractivity contribution in [2.24, 2.45) is 0 Å².